The number of phenolic OH excluding ortho intramolecular Hbond substituents is 3. The van der Waals surface area contributed by atoms with Gasteiger partial charge in [-0.3, -0.25) is 42.3 Å². The van der Waals surface area contributed by atoms with Gasteiger partial charge >= 0.3 is 0 Å². The highest BCUT2D eigenvalue weighted by atomic mass is 32.1. The Hall–Kier alpha value is -10.5. The number of carbonyl (C=O) groups is 3. The zero-order valence-corrected chi connectivity index (χ0v) is 68.0. The number of aryl methyl sites for hydroxylation is 7. The first-order valence-corrected chi connectivity index (χ1v) is 41.3. The van der Waals surface area contributed by atoms with Gasteiger partial charge in [0.1, 0.15) is 103 Å². The summed E-state index contributed by atoms with van der Waals surface area (Å²) in [7, 11) is 0. The summed E-state index contributed by atoms with van der Waals surface area (Å²) in [6.45, 7) is 18.2. The molecule has 3 aliphatic heterocycles. The van der Waals surface area contributed by atoms with Gasteiger partial charge in [-0.25, -0.2) is 13.2 Å². The van der Waals surface area contributed by atoms with Crippen molar-refractivity contribution in [1.82, 2.24) is 14.7 Å². The number of benzene rings is 9. The van der Waals surface area contributed by atoms with E-state index < -0.39 is 6.67 Å². The summed E-state index contributed by atoms with van der Waals surface area (Å²) in [6, 6.07) is 43.6. The summed E-state index contributed by atoms with van der Waals surface area (Å²) < 4.78 is 119. The Morgan fingerprint density at radius 2 is 0.759 bits per heavy atom. The van der Waals surface area contributed by atoms with Gasteiger partial charge in [0.15, 0.2) is 17.2 Å². The van der Waals surface area contributed by atoms with E-state index in [1.165, 1.54) is 58.3 Å². The van der Waals surface area contributed by atoms with Crippen LogP contribution >= 0.6 is 34.0 Å². The molecule has 9 aromatic carbocycles. The minimum atomic E-state index is -0.776. The van der Waals surface area contributed by atoms with Crippen molar-refractivity contribution in [2.75, 3.05) is 78.9 Å². The standard InChI is InChI=1S/2C31H31F2NO4S.C30H29F2NO4S/c1-18-11-19(2)28(20(3)12-18)29(36)31-30(25-7-5-22(35)14-27(25)39-31)38-26-8-6-23(13-21(26)15-33)37-24-16-34(17-24)10-4-9-32;1-3-5-20-15-21(33)14-19(2)28(20)29(36)31-30(26-11-6-22(35)16-27(26)39-31)38-24-9-7-23(8-10-24)37-25-17-34(18-25)13-4-12-32;1-3-19-14-20(32)13-18(2)27(19)28(35)30-29(25-10-5-21(34)15-26(25)38-30)37-23-8-6-22(7-9-23)36-24-16-33(17-24)12-4-11-31/h5-8,11-14,24,35H,4,9-10,15-17H2,1-3H3;6-11,14-16,25,35H,3-5,12-13,17-18H2,1-2H3;5-10,13-15,24,34H,3-4,11-12,16-17H2,1-2H3. The lowest BCUT2D eigenvalue weighted by atomic mass is 9.94. The Balaban J connectivity index is 0.000000151. The number of likely N-dealkylation sites (tertiary alicyclic amines) is 3. The SMILES string of the molecule is CCCc1cc(F)cc(C)c1C(=O)c1sc2cc(O)ccc2c1Oc1ccc(OC2CN(CCCF)C2)cc1.CCc1cc(F)cc(C)c1C(=O)c1sc2cc(O)ccc2c1Oc1ccc(OC2CN(CCCF)C2)cc1.Cc1cc(C)c(C(=O)c2sc3cc(O)ccc3c2Oc2ccc(OC3CN(CCCF)C3)cc2CF)c(C)c1. The average molecular weight is 1640 g/mol. The number of aromatic hydroxyl groups is 3. The molecule has 6 heterocycles. The summed E-state index contributed by atoms with van der Waals surface area (Å²) in [5.74, 6) is 3.36. The van der Waals surface area contributed by atoms with Crippen LogP contribution in [0.5, 0.6) is 69.0 Å². The third kappa shape index (κ3) is 19.5. The first-order valence-electron chi connectivity index (χ1n) is 38.8. The van der Waals surface area contributed by atoms with Gasteiger partial charge in [-0.15, -0.1) is 34.0 Å². The fraction of sp³-hybridized carbons (Fsp3) is 0.315. The van der Waals surface area contributed by atoms with E-state index in [-0.39, 0.29) is 84.6 Å². The van der Waals surface area contributed by atoms with Gasteiger partial charge in [-0.05, 0) is 246 Å². The predicted octanol–water partition coefficient (Wildman–Crippen LogP) is 22.0. The molecule has 0 unspecified atom stereocenters. The summed E-state index contributed by atoms with van der Waals surface area (Å²) >= 11 is 3.73. The van der Waals surface area contributed by atoms with Crippen molar-refractivity contribution in [3.8, 4) is 69.0 Å². The minimum Gasteiger partial charge on any atom is -0.508 e. The zero-order valence-electron chi connectivity index (χ0n) is 65.5. The molecule has 0 spiro atoms. The van der Waals surface area contributed by atoms with E-state index in [4.69, 9.17) is 28.4 Å². The highest BCUT2D eigenvalue weighted by Crippen LogP contribution is 2.48. The molecular weight excluding hydrogens is 1550 g/mol. The molecule has 24 heteroatoms. The number of alkyl halides is 4. The van der Waals surface area contributed by atoms with Crippen LogP contribution < -0.4 is 28.4 Å². The fourth-order valence-electron chi connectivity index (χ4n) is 15.0. The van der Waals surface area contributed by atoms with Crippen molar-refractivity contribution in [3.63, 3.8) is 0 Å². The number of ether oxygens (including phenoxy) is 6. The maximum absolute atomic E-state index is 14.2. The van der Waals surface area contributed by atoms with E-state index in [1.807, 2.05) is 71.0 Å². The number of fused-ring (bicyclic) bond motifs is 3. The third-order valence-electron chi connectivity index (χ3n) is 20.5. The van der Waals surface area contributed by atoms with E-state index in [0.29, 0.717) is 193 Å². The molecule has 3 aliphatic rings. The summed E-state index contributed by atoms with van der Waals surface area (Å²) in [5, 5.41) is 32.2. The molecule has 15 nitrogen and oxygen atoms in total. The molecule has 12 aromatic rings. The first kappa shape index (κ1) is 83.5. The summed E-state index contributed by atoms with van der Waals surface area (Å²) in [5.41, 5.74) is 7.15. The quantitative estimate of drug-likeness (QED) is 0.0276. The minimum absolute atomic E-state index is 0.0254. The predicted molar refractivity (Wildman–Crippen MR) is 446 cm³/mol. The van der Waals surface area contributed by atoms with Crippen molar-refractivity contribution in [2.45, 2.75) is 112 Å². The monoisotopic (exact) mass is 1640 g/mol. The smallest absolute Gasteiger partial charge is 0.207 e. The van der Waals surface area contributed by atoms with Crippen molar-refractivity contribution < 1.29 is 84.5 Å². The van der Waals surface area contributed by atoms with E-state index in [9.17, 15) is 56.0 Å². The number of hydrogen-bond acceptors (Lipinski definition) is 18. The molecule has 116 heavy (non-hydrogen) atoms. The number of nitrogens with zero attached hydrogens (tertiary/aromatic N) is 3. The molecule has 3 saturated heterocycles. The lowest BCUT2D eigenvalue weighted by Gasteiger charge is -2.38. The zero-order chi connectivity index (χ0) is 82.0. The van der Waals surface area contributed by atoms with E-state index in [2.05, 4.69) is 14.7 Å². The second kappa shape index (κ2) is 37.6. The van der Waals surface area contributed by atoms with Crippen LogP contribution in [0.15, 0.2) is 158 Å². The van der Waals surface area contributed by atoms with Gasteiger partial charge in [-0.1, -0.05) is 38.0 Å². The molecule has 0 bridgehead atoms. The lowest BCUT2D eigenvalue weighted by Crippen LogP contribution is -2.53. The van der Waals surface area contributed by atoms with Gasteiger partial charge in [0.2, 0.25) is 17.3 Å². The molecule has 606 valence electrons. The van der Waals surface area contributed by atoms with Crippen LogP contribution in [0.4, 0.5) is 26.3 Å². The second-order valence-electron chi connectivity index (χ2n) is 29.5. The highest BCUT2D eigenvalue weighted by Gasteiger charge is 2.34. The maximum atomic E-state index is 14.2. The lowest BCUT2D eigenvalue weighted by molar-refractivity contribution is 0.0183. The normalized spacial score (nSPS) is 14.0. The van der Waals surface area contributed by atoms with Crippen LogP contribution in [0.1, 0.15) is 130 Å². The van der Waals surface area contributed by atoms with Gasteiger partial charge < -0.3 is 43.7 Å². The number of hydrogen-bond donors (Lipinski definition) is 3. The molecular formula is C92H91F6N3O12S3. The van der Waals surface area contributed by atoms with Crippen LogP contribution in [-0.2, 0) is 19.5 Å². The molecule has 0 amide bonds. The number of thiophene rings is 3. The van der Waals surface area contributed by atoms with Crippen molar-refractivity contribution in [2.24, 2.45) is 0 Å². The number of ketones is 3. The van der Waals surface area contributed by atoms with E-state index in [1.54, 1.807) is 111 Å². The first-order chi connectivity index (χ1) is 56.0. The van der Waals surface area contributed by atoms with Gasteiger partial charge in [0, 0.05) is 111 Å². The van der Waals surface area contributed by atoms with Crippen LogP contribution in [0.25, 0.3) is 30.3 Å². The molecule has 15 rings (SSSR count). The van der Waals surface area contributed by atoms with Crippen molar-refractivity contribution in [1.29, 1.82) is 0 Å². The van der Waals surface area contributed by atoms with Gasteiger partial charge in [-0.2, -0.15) is 0 Å². The Morgan fingerprint density at radius 3 is 1.15 bits per heavy atom. The van der Waals surface area contributed by atoms with Crippen molar-refractivity contribution >= 4 is 81.6 Å². The van der Waals surface area contributed by atoms with Gasteiger partial charge in [0.05, 0.1) is 20.0 Å². The van der Waals surface area contributed by atoms with E-state index >= 15 is 0 Å². The number of rotatable bonds is 31. The highest BCUT2D eigenvalue weighted by molar-refractivity contribution is 7.22. The van der Waals surface area contributed by atoms with Crippen LogP contribution in [0.2, 0.25) is 0 Å². The van der Waals surface area contributed by atoms with Gasteiger partial charge in [0.25, 0.3) is 0 Å². The largest absolute Gasteiger partial charge is 0.508 e. The Labute approximate surface area is 681 Å². The molecule has 3 aromatic heterocycles. The average Bonchev–Trinajstić information content (AvgIpc) is 1.62. The Bertz CT molecular complexity index is 5520. The van der Waals surface area contributed by atoms with Crippen LogP contribution in [-0.4, -0.2) is 145 Å². The number of phenols is 3. The van der Waals surface area contributed by atoms with Crippen molar-refractivity contribution in [3.05, 3.63) is 245 Å². The fourth-order valence-corrected chi connectivity index (χ4v) is 18.3. The maximum Gasteiger partial charge on any atom is 0.207 e. The molecule has 3 fully saturated rings. The molecule has 0 atom stereocenters. The number of carbonyl (C=O) groups excluding carboxylic acids is 3. The van der Waals surface area contributed by atoms with E-state index in [0.717, 1.165) is 62.4 Å². The molecule has 0 aliphatic carbocycles. The number of halogens is 6. The van der Waals surface area contributed by atoms with Crippen LogP contribution in [0.3, 0.4) is 0 Å². The Morgan fingerprint density at radius 1 is 0.405 bits per heavy atom. The molecule has 3 N–H and O–H groups in total. The second-order valence-corrected chi connectivity index (χ2v) is 32.6. The summed E-state index contributed by atoms with van der Waals surface area (Å²) in [4.78, 5) is 49.3. The summed E-state index contributed by atoms with van der Waals surface area (Å²) in [6.07, 6.45) is 3.59. The third-order valence-corrected chi connectivity index (χ3v) is 23.9. The Kier molecular flexibility index (Phi) is 27.1. The molecule has 0 radical (unpaired) electrons. The van der Waals surface area contributed by atoms with Crippen LogP contribution in [0, 0.1) is 46.3 Å². The molecule has 0 saturated carbocycles. The topological polar surface area (TPSA) is 177 Å².